The molecule has 196 valence electrons. The van der Waals surface area contributed by atoms with Crippen molar-refractivity contribution in [1.82, 2.24) is 0 Å². The lowest BCUT2D eigenvalue weighted by molar-refractivity contribution is -0.383. The fourth-order valence-corrected chi connectivity index (χ4v) is 5.02. The van der Waals surface area contributed by atoms with Gasteiger partial charge in [-0.15, -0.1) is 0 Å². The molecular formula is C28H29N5O5. The number of nitrogens with zero attached hydrogens (tertiary/aromatic N) is 2. The van der Waals surface area contributed by atoms with Gasteiger partial charge >= 0.3 is 5.97 Å². The molecule has 1 heterocycles. The van der Waals surface area contributed by atoms with Crippen molar-refractivity contribution in [3.63, 3.8) is 0 Å². The van der Waals surface area contributed by atoms with Crippen LogP contribution in [0.4, 0.5) is 17.1 Å². The highest BCUT2D eigenvalue weighted by Gasteiger charge is 2.38. The minimum absolute atomic E-state index is 0.205. The fraction of sp³-hybridized carbons (Fsp3) is 0.250. The van der Waals surface area contributed by atoms with Gasteiger partial charge in [-0.2, -0.15) is 0 Å². The van der Waals surface area contributed by atoms with E-state index in [1.165, 1.54) is 12.1 Å². The number of anilines is 2. The Balaban J connectivity index is 2.09. The van der Waals surface area contributed by atoms with E-state index in [1.54, 1.807) is 32.1 Å². The van der Waals surface area contributed by atoms with E-state index in [4.69, 9.17) is 21.3 Å². The topological polar surface area (TPSA) is 167 Å². The summed E-state index contributed by atoms with van der Waals surface area (Å²) >= 11 is 0. The molecule has 4 rings (SSSR count). The first-order chi connectivity index (χ1) is 18.0. The summed E-state index contributed by atoms with van der Waals surface area (Å²) in [6.45, 7) is 8.83. The van der Waals surface area contributed by atoms with Gasteiger partial charge in [0.15, 0.2) is 0 Å². The molecule has 5 N–H and O–H groups in total. The molecule has 0 saturated carbocycles. The third-order valence-corrected chi connectivity index (χ3v) is 7.13. The van der Waals surface area contributed by atoms with E-state index >= 15 is 0 Å². The number of nitrogens with two attached hydrogens (primary N) is 1. The molecule has 0 amide bonds. The monoisotopic (exact) mass is 515 g/mol. The molecule has 0 aromatic heterocycles. The molecule has 38 heavy (non-hydrogen) atoms. The SMILES string of the molecule is CCN(CC)c1ccc2c(c1)OC1=CC(C(C)=N)(C(C)=N)C=CC1=C2c1ccc([N+](=O)[O-])c(N)c1C(=O)O. The van der Waals surface area contributed by atoms with E-state index < -0.39 is 27.7 Å². The second kappa shape index (κ2) is 9.62. The van der Waals surface area contributed by atoms with Crippen molar-refractivity contribution < 1.29 is 19.6 Å². The van der Waals surface area contributed by atoms with Gasteiger partial charge in [0.1, 0.15) is 17.2 Å². The van der Waals surface area contributed by atoms with E-state index in [9.17, 15) is 20.0 Å². The van der Waals surface area contributed by atoms with E-state index in [-0.39, 0.29) is 22.6 Å². The maximum absolute atomic E-state index is 12.4. The zero-order valence-electron chi connectivity index (χ0n) is 21.6. The van der Waals surface area contributed by atoms with Crippen LogP contribution in [0.1, 0.15) is 49.2 Å². The first kappa shape index (κ1) is 26.3. The molecule has 0 bridgehead atoms. The van der Waals surface area contributed by atoms with Gasteiger partial charge in [-0.3, -0.25) is 10.1 Å². The summed E-state index contributed by atoms with van der Waals surface area (Å²) < 4.78 is 6.36. The number of carboxylic acids is 1. The predicted molar refractivity (Wildman–Crippen MR) is 148 cm³/mol. The smallest absolute Gasteiger partial charge is 0.338 e. The lowest BCUT2D eigenvalue weighted by atomic mass is 9.73. The molecule has 0 spiro atoms. The molecular weight excluding hydrogens is 486 g/mol. The molecule has 0 unspecified atom stereocenters. The fourth-order valence-electron chi connectivity index (χ4n) is 5.02. The first-order valence-electron chi connectivity index (χ1n) is 12.1. The Morgan fingerprint density at radius 1 is 1.13 bits per heavy atom. The minimum atomic E-state index is -1.40. The van der Waals surface area contributed by atoms with Gasteiger partial charge in [-0.25, -0.2) is 4.79 Å². The maximum atomic E-state index is 12.4. The molecule has 2 aliphatic rings. The molecule has 10 nitrogen and oxygen atoms in total. The Labute approximate surface area is 219 Å². The van der Waals surface area contributed by atoms with Crippen LogP contribution in [0.2, 0.25) is 0 Å². The van der Waals surface area contributed by atoms with Crippen LogP contribution in [0.15, 0.2) is 59.9 Å². The van der Waals surface area contributed by atoms with Crippen molar-refractivity contribution in [1.29, 1.82) is 10.8 Å². The van der Waals surface area contributed by atoms with Crippen LogP contribution in [0, 0.1) is 26.3 Å². The maximum Gasteiger partial charge on any atom is 0.338 e. The Hall–Kier alpha value is -4.73. The van der Waals surface area contributed by atoms with Crippen molar-refractivity contribution in [3.05, 3.63) is 86.7 Å². The standard InChI is InChI=1S/C28H29N5O5/c1-5-32(6-2)17-7-8-18-22(13-17)38-23-14-28(15(3)29,16(4)30)12-11-19(23)24(18)20-9-10-21(33(36)37)26(31)25(20)27(34)35/h7-14,29-30H,5-6,31H2,1-4H3,(H,34,35). The number of nitro benzene ring substituents is 1. The van der Waals surface area contributed by atoms with Crippen LogP contribution < -0.4 is 15.4 Å². The highest BCUT2D eigenvalue weighted by molar-refractivity contribution is 6.13. The number of nitro groups is 1. The lowest BCUT2D eigenvalue weighted by Crippen LogP contribution is -2.34. The van der Waals surface area contributed by atoms with E-state index in [2.05, 4.69) is 4.90 Å². The number of rotatable bonds is 8. The summed E-state index contributed by atoms with van der Waals surface area (Å²) in [5.41, 5.74) is 6.81. The van der Waals surface area contributed by atoms with Crippen molar-refractivity contribution in [2.45, 2.75) is 27.7 Å². The average Bonchev–Trinajstić information content (AvgIpc) is 2.86. The van der Waals surface area contributed by atoms with Crippen LogP contribution in [0.3, 0.4) is 0 Å². The molecule has 0 saturated heterocycles. The second-order valence-corrected chi connectivity index (χ2v) is 9.19. The summed E-state index contributed by atoms with van der Waals surface area (Å²) in [5.74, 6) is -0.576. The molecule has 1 aliphatic carbocycles. The summed E-state index contributed by atoms with van der Waals surface area (Å²) in [7, 11) is 0. The van der Waals surface area contributed by atoms with E-state index in [1.807, 2.05) is 32.0 Å². The molecule has 0 radical (unpaired) electrons. The number of hydrogen-bond acceptors (Lipinski definition) is 8. The quantitative estimate of drug-likeness (QED) is 0.157. The van der Waals surface area contributed by atoms with E-state index in [0.717, 1.165) is 18.8 Å². The second-order valence-electron chi connectivity index (χ2n) is 9.19. The Bertz CT molecular complexity index is 1480. The number of hydrogen-bond donors (Lipinski definition) is 4. The van der Waals surface area contributed by atoms with Gasteiger partial charge in [0.25, 0.3) is 5.69 Å². The van der Waals surface area contributed by atoms with Crippen molar-refractivity contribution >= 4 is 40.0 Å². The normalized spacial score (nSPS) is 17.6. The van der Waals surface area contributed by atoms with Gasteiger partial charge < -0.3 is 31.3 Å². The number of fused-ring (bicyclic) bond motifs is 2. The van der Waals surface area contributed by atoms with Crippen molar-refractivity contribution in [3.8, 4) is 5.75 Å². The molecule has 2 aromatic rings. The zero-order valence-corrected chi connectivity index (χ0v) is 21.6. The van der Waals surface area contributed by atoms with Crippen LogP contribution in [0.25, 0.3) is 5.57 Å². The van der Waals surface area contributed by atoms with Crippen LogP contribution in [-0.4, -0.2) is 40.5 Å². The molecule has 0 atom stereocenters. The minimum Gasteiger partial charge on any atom is -0.478 e. The Morgan fingerprint density at radius 3 is 2.32 bits per heavy atom. The highest BCUT2D eigenvalue weighted by atomic mass is 16.6. The summed E-state index contributed by atoms with van der Waals surface area (Å²) in [6, 6.07) is 8.22. The summed E-state index contributed by atoms with van der Waals surface area (Å²) in [6.07, 6.45) is 5.12. The van der Waals surface area contributed by atoms with Gasteiger partial charge in [-0.05, 0) is 52.0 Å². The van der Waals surface area contributed by atoms with Gasteiger partial charge in [0.05, 0.1) is 15.9 Å². The number of carboxylic acid groups (broad SMARTS) is 1. The van der Waals surface area contributed by atoms with Crippen molar-refractivity contribution in [2.75, 3.05) is 23.7 Å². The number of nitrogens with one attached hydrogen (secondary N) is 2. The van der Waals surface area contributed by atoms with Gasteiger partial charge in [0.2, 0.25) is 0 Å². The number of carbonyl (C=O) groups is 1. The number of allylic oxidation sites excluding steroid dienone is 3. The number of aromatic carboxylic acids is 1. The predicted octanol–water partition coefficient (Wildman–Crippen LogP) is 5.44. The average molecular weight is 516 g/mol. The molecule has 2 aromatic carbocycles. The van der Waals surface area contributed by atoms with Gasteiger partial charge in [0, 0.05) is 64.6 Å². The largest absolute Gasteiger partial charge is 0.478 e. The van der Waals surface area contributed by atoms with Crippen LogP contribution in [-0.2, 0) is 0 Å². The number of ether oxygens (including phenoxy) is 1. The molecule has 1 aliphatic heterocycles. The third-order valence-electron chi connectivity index (χ3n) is 7.13. The zero-order chi connectivity index (χ0) is 27.9. The van der Waals surface area contributed by atoms with Crippen molar-refractivity contribution in [2.24, 2.45) is 5.41 Å². The summed E-state index contributed by atoms with van der Waals surface area (Å²) in [5, 5.41) is 38.4. The van der Waals surface area contributed by atoms with E-state index in [0.29, 0.717) is 28.2 Å². The van der Waals surface area contributed by atoms with Crippen LogP contribution in [0.5, 0.6) is 5.75 Å². The lowest BCUT2D eigenvalue weighted by Gasteiger charge is -2.34. The summed E-state index contributed by atoms with van der Waals surface area (Å²) in [4.78, 5) is 25.3. The first-order valence-corrected chi connectivity index (χ1v) is 12.1. The number of benzene rings is 2. The van der Waals surface area contributed by atoms with Crippen LogP contribution >= 0.6 is 0 Å². The molecule has 10 heteroatoms. The molecule has 0 fully saturated rings. The Kier molecular flexibility index (Phi) is 6.67. The number of nitrogen functional groups attached to an aromatic ring is 1. The third kappa shape index (κ3) is 4.03. The highest BCUT2D eigenvalue weighted by Crippen LogP contribution is 2.48. The Morgan fingerprint density at radius 2 is 1.76 bits per heavy atom. The van der Waals surface area contributed by atoms with Gasteiger partial charge in [-0.1, -0.05) is 12.2 Å².